The Morgan fingerprint density at radius 1 is 0.870 bits per heavy atom. The molecule has 2 aromatic carbocycles. The minimum atomic E-state index is -5.11. The molecule has 4 rings (SSSR count). The Morgan fingerprint density at radius 2 is 1.39 bits per heavy atom. The van der Waals surface area contributed by atoms with Gasteiger partial charge in [0.05, 0.1) is 22.4 Å². The van der Waals surface area contributed by atoms with Gasteiger partial charge in [-0.1, -0.05) is 12.1 Å². The van der Waals surface area contributed by atoms with Crippen LogP contribution in [-0.4, -0.2) is 86.0 Å². The first kappa shape index (κ1) is 35.5. The molecule has 0 bridgehead atoms. The third-order valence-corrected chi connectivity index (χ3v) is 11.0. The van der Waals surface area contributed by atoms with Crippen LogP contribution in [0, 0.1) is 11.7 Å². The number of likely N-dealkylation sites (tertiary alicyclic amines) is 1. The van der Waals surface area contributed by atoms with E-state index in [-0.39, 0.29) is 51.0 Å². The van der Waals surface area contributed by atoms with Gasteiger partial charge in [-0.25, -0.2) is 21.9 Å². The summed E-state index contributed by atoms with van der Waals surface area (Å²) in [7, 11) is -1.11. The van der Waals surface area contributed by atoms with E-state index in [1.807, 2.05) is 0 Å². The molecular weight excluding hydrogens is 645 g/mol. The quantitative estimate of drug-likeness (QED) is 0.362. The highest BCUT2D eigenvalue weighted by Gasteiger charge is 2.44. The van der Waals surface area contributed by atoms with Crippen LogP contribution in [-0.2, 0) is 27.2 Å². The van der Waals surface area contributed by atoms with Crippen molar-refractivity contribution in [1.82, 2.24) is 14.1 Å². The van der Waals surface area contributed by atoms with E-state index in [4.69, 9.17) is 0 Å². The molecular formula is C30H35F7N4O4S. The zero-order valence-electron chi connectivity index (χ0n) is 25.6. The Hall–Kier alpha value is -3.40. The van der Waals surface area contributed by atoms with Crippen molar-refractivity contribution < 1.29 is 48.7 Å². The van der Waals surface area contributed by atoms with E-state index in [2.05, 4.69) is 0 Å². The number of carbonyl (C=O) groups excluding carboxylic acids is 2. The number of rotatable bonds is 6. The molecule has 16 heteroatoms. The van der Waals surface area contributed by atoms with Gasteiger partial charge in [-0.2, -0.15) is 26.3 Å². The molecule has 0 aromatic heterocycles. The van der Waals surface area contributed by atoms with Crippen LogP contribution in [0.1, 0.15) is 49.3 Å². The van der Waals surface area contributed by atoms with Crippen molar-refractivity contribution in [2.45, 2.75) is 56.3 Å². The number of piperidine rings is 1. The molecule has 254 valence electrons. The Labute approximate surface area is 262 Å². The van der Waals surface area contributed by atoms with Crippen LogP contribution in [0.3, 0.4) is 0 Å². The van der Waals surface area contributed by atoms with Gasteiger partial charge in [-0.15, -0.1) is 0 Å². The molecule has 2 aliphatic heterocycles. The van der Waals surface area contributed by atoms with E-state index in [0.717, 1.165) is 11.9 Å². The van der Waals surface area contributed by atoms with Gasteiger partial charge >= 0.3 is 18.4 Å². The maximum Gasteiger partial charge on any atom is 0.416 e. The smallest absolute Gasteiger partial charge is 0.340 e. The van der Waals surface area contributed by atoms with Crippen LogP contribution in [0.15, 0.2) is 42.5 Å². The van der Waals surface area contributed by atoms with Crippen molar-refractivity contribution in [2.24, 2.45) is 5.92 Å². The largest absolute Gasteiger partial charge is 0.416 e. The second-order valence-corrected chi connectivity index (χ2v) is 14.4. The van der Waals surface area contributed by atoms with E-state index in [1.54, 1.807) is 13.8 Å². The van der Waals surface area contributed by atoms with Crippen molar-refractivity contribution in [1.29, 1.82) is 0 Å². The lowest BCUT2D eigenvalue weighted by Gasteiger charge is -2.34. The van der Waals surface area contributed by atoms with E-state index < -0.39 is 74.2 Å². The van der Waals surface area contributed by atoms with E-state index in [0.29, 0.717) is 22.6 Å². The first-order valence-corrected chi connectivity index (χ1v) is 16.0. The van der Waals surface area contributed by atoms with Crippen LogP contribution < -0.4 is 4.90 Å². The van der Waals surface area contributed by atoms with Gasteiger partial charge in [0.25, 0.3) is 0 Å². The average molecular weight is 681 g/mol. The number of benzene rings is 2. The van der Waals surface area contributed by atoms with E-state index in [9.17, 15) is 48.7 Å². The van der Waals surface area contributed by atoms with Gasteiger partial charge in [-0.3, -0.25) is 9.69 Å². The van der Waals surface area contributed by atoms with Gasteiger partial charge in [0.1, 0.15) is 5.82 Å². The number of urea groups is 1. The van der Waals surface area contributed by atoms with E-state index in [1.165, 1.54) is 40.5 Å². The van der Waals surface area contributed by atoms with Crippen molar-refractivity contribution in [3.8, 4) is 0 Å². The van der Waals surface area contributed by atoms with Crippen molar-refractivity contribution in [2.75, 3.05) is 45.2 Å². The number of nitrogens with zero attached hydrogens (tertiary/aromatic N) is 4. The monoisotopic (exact) mass is 680 g/mol. The summed E-state index contributed by atoms with van der Waals surface area (Å²) in [6.45, 7) is 3.56. The molecule has 2 saturated heterocycles. The molecule has 0 saturated carbocycles. The van der Waals surface area contributed by atoms with Crippen LogP contribution in [0.2, 0.25) is 0 Å². The normalized spacial score (nSPS) is 20.3. The summed E-state index contributed by atoms with van der Waals surface area (Å²) in [5.41, 5.74) is -3.21. The Kier molecular flexibility index (Phi) is 10.0. The zero-order valence-corrected chi connectivity index (χ0v) is 26.4. The molecule has 46 heavy (non-hydrogen) atoms. The van der Waals surface area contributed by atoms with E-state index >= 15 is 0 Å². The standard InChI is InChI=1S/C30H35F7N4O4S/c1-18(2)46(44,45)41-11-9-20(10-12-41)27(42)40-16-25(19-5-7-23(31)8-6-19)26(17-40)39(4)28(43)38(3)24-14-21(29(32,33)34)13-22(15-24)30(35,36)37/h5-8,13-15,18,20,25-26H,9-12,16-17H2,1-4H3/t25-,26+/m0/s1. The molecule has 0 spiro atoms. The number of alkyl halides is 6. The van der Waals surface area contributed by atoms with Crippen LogP contribution in [0.5, 0.6) is 0 Å². The van der Waals surface area contributed by atoms with Gasteiger partial charge < -0.3 is 9.80 Å². The fraction of sp³-hybridized carbons (Fsp3) is 0.533. The van der Waals surface area contributed by atoms with Crippen LogP contribution >= 0.6 is 0 Å². The summed E-state index contributed by atoms with van der Waals surface area (Å²) in [4.78, 5) is 30.6. The summed E-state index contributed by atoms with van der Waals surface area (Å²) in [5.74, 6) is -1.86. The van der Waals surface area contributed by atoms with Gasteiger partial charge in [0.15, 0.2) is 0 Å². The third-order valence-electron chi connectivity index (χ3n) is 8.70. The summed E-state index contributed by atoms with van der Waals surface area (Å²) in [6.07, 6.45) is -9.66. The fourth-order valence-electron chi connectivity index (χ4n) is 5.93. The molecule has 8 nitrogen and oxygen atoms in total. The van der Waals surface area contributed by atoms with Gasteiger partial charge in [0.2, 0.25) is 15.9 Å². The predicted octanol–water partition coefficient (Wildman–Crippen LogP) is 5.80. The Morgan fingerprint density at radius 3 is 1.87 bits per heavy atom. The molecule has 2 heterocycles. The van der Waals surface area contributed by atoms with Gasteiger partial charge in [-0.05, 0) is 62.6 Å². The molecule has 2 atom stereocenters. The summed E-state index contributed by atoms with van der Waals surface area (Å²) in [5, 5.41) is -0.613. The number of hydrogen-bond acceptors (Lipinski definition) is 4. The minimum absolute atomic E-state index is 0.0160. The fourth-order valence-corrected chi connectivity index (χ4v) is 7.25. The SMILES string of the molecule is CC(C)S(=O)(=O)N1CCC(C(=O)N2C[C@@H](N(C)C(=O)N(C)c3cc(C(F)(F)F)cc(C(F)(F)F)c3)[C@H](c3ccc(F)cc3)C2)CC1. The lowest BCUT2D eigenvalue weighted by Crippen LogP contribution is -2.48. The molecule has 2 fully saturated rings. The molecule has 0 aliphatic carbocycles. The maximum absolute atomic E-state index is 13.8. The van der Waals surface area contributed by atoms with Crippen molar-refractivity contribution in [3.05, 3.63) is 65.0 Å². The zero-order chi connectivity index (χ0) is 34.4. The molecule has 3 amide bonds. The lowest BCUT2D eigenvalue weighted by molar-refractivity contribution is -0.143. The molecule has 0 unspecified atom stereocenters. The van der Waals surface area contributed by atoms with Crippen LogP contribution in [0.25, 0.3) is 0 Å². The first-order chi connectivity index (χ1) is 21.2. The number of anilines is 1. The molecule has 2 aromatic rings. The third kappa shape index (κ3) is 7.42. The highest BCUT2D eigenvalue weighted by atomic mass is 32.2. The number of amides is 3. The Bertz CT molecular complexity index is 1510. The van der Waals surface area contributed by atoms with Crippen LogP contribution in [0.4, 0.5) is 41.2 Å². The molecule has 0 radical (unpaired) electrons. The number of hydrogen-bond donors (Lipinski definition) is 0. The summed E-state index contributed by atoms with van der Waals surface area (Å²) < 4.78 is 121. The highest BCUT2D eigenvalue weighted by molar-refractivity contribution is 7.89. The second kappa shape index (κ2) is 13.0. The van der Waals surface area contributed by atoms with Crippen molar-refractivity contribution in [3.63, 3.8) is 0 Å². The first-order valence-electron chi connectivity index (χ1n) is 14.5. The topological polar surface area (TPSA) is 81.2 Å². The number of carbonyl (C=O) groups is 2. The molecule has 0 N–H and O–H groups in total. The maximum atomic E-state index is 13.8. The summed E-state index contributed by atoms with van der Waals surface area (Å²) in [6, 6.07) is 4.56. The molecule has 2 aliphatic rings. The predicted molar refractivity (Wildman–Crippen MR) is 156 cm³/mol. The number of sulfonamides is 1. The summed E-state index contributed by atoms with van der Waals surface area (Å²) >= 11 is 0. The lowest BCUT2D eigenvalue weighted by atomic mass is 9.93. The number of halogens is 7. The van der Waals surface area contributed by atoms with Crippen molar-refractivity contribution >= 4 is 27.6 Å². The average Bonchev–Trinajstić information content (AvgIpc) is 3.44. The minimum Gasteiger partial charge on any atom is -0.340 e. The Balaban J connectivity index is 1.59. The second-order valence-electron chi connectivity index (χ2n) is 12.0. The number of likely N-dealkylation sites (N-methyl/N-ethyl adjacent to an activating group) is 1. The van der Waals surface area contributed by atoms with Gasteiger partial charge in [0, 0.05) is 57.8 Å². The highest BCUT2D eigenvalue weighted by Crippen LogP contribution is 2.39.